The van der Waals surface area contributed by atoms with Crippen molar-refractivity contribution in [1.82, 2.24) is 0 Å². The summed E-state index contributed by atoms with van der Waals surface area (Å²) in [6.07, 6.45) is 0.0278. The molecule has 27 heavy (non-hydrogen) atoms. The van der Waals surface area contributed by atoms with Crippen molar-refractivity contribution in [2.24, 2.45) is 5.73 Å². The molecule has 4 N–H and O–H groups in total. The van der Waals surface area contributed by atoms with E-state index in [0.717, 1.165) is 0 Å². The van der Waals surface area contributed by atoms with Gasteiger partial charge in [0, 0.05) is 11.1 Å². The third-order valence-corrected chi connectivity index (χ3v) is 4.10. The van der Waals surface area contributed by atoms with Crippen molar-refractivity contribution in [3.8, 4) is 5.75 Å². The van der Waals surface area contributed by atoms with Crippen molar-refractivity contribution in [2.75, 3.05) is 5.73 Å². The first kappa shape index (κ1) is 18.6. The fraction of sp³-hybridized carbons (Fsp3) is 0.150. The summed E-state index contributed by atoms with van der Waals surface area (Å²) in [6.45, 7) is 3.83. The van der Waals surface area contributed by atoms with Crippen LogP contribution in [0.4, 0.5) is 5.69 Å². The molecule has 0 bridgehead atoms. The predicted octanol–water partition coefficient (Wildman–Crippen LogP) is 3.03. The minimum Gasteiger partial charge on any atom is -0.491 e. The SMILES string of the molecule is CC(C)Oc1ccc(C(=O)c2cccc3oc(C(N)=S)c(N)c(=O)c23)cc1. The van der Waals surface area contributed by atoms with Gasteiger partial charge in [-0.3, -0.25) is 9.59 Å². The Morgan fingerprint density at radius 3 is 2.41 bits per heavy atom. The first-order valence-corrected chi connectivity index (χ1v) is 8.67. The number of thiocarbonyl (C=S) groups is 1. The molecule has 6 nitrogen and oxygen atoms in total. The number of benzene rings is 2. The van der Waals surface area contributed by atoms with Crippen molar-refractivity contribution in [3.63, 3.8) is 0 Å². The van der Waals surface area contributed by atoms with E-state index in [1.54, 1.807) is 42.5 Å². The summed E-state index contributed by atoms with van der Waals surface area (Å²) >= 11 is 4.86. The number of rotatable bonds is 5. The molecular weight excluding hydrogens is 364 g/mol. The fourth-order valence-electron chi connectivity index (χ4n) is 2.74. The zero-order chi connectivity index (χ0) is 19.7. The monoisotopic (exact) mass is 382 g/mol. The molecule has 0 amide bonds. The summed E-state index contributed by atoms with van der Waals surface area (Å²) in [4.78, 5) is 25.6. The normalized spacial score (nSPS) is 10.9. The van der Waals surface area contributed by atoms with Crippen LogP contribution in [0.25, 0.3) is 11.0 Å². The van der Waals surface area contributed by atoms with Gasteiger partial charge in [-0.25, -0.2) is 0 Å². The van der Waals surface area contributed by atoms with Gasteiger partial charge in [-0.1, -0.05) is 24.4 Å². The summed E-state index contributed by atoms with van der Waals surface area (Å²) < 4.78 is 11.1. The molecule has 138 valence electrons. The number of hydrogen-bond donors (Lipinski definition) is 2. The summed E-state index contributed by atoms with van der Waals surface area (Å²) in [5.41, 5.74) is 11.4. The average Bonchev–Trinajstić information content (AvgIpc) is 2.63. The van der Waals surface area contributed by atoms with Crippen molar-refractivity contribution in [1.29, 1.82) is 0 Å². The van der Waals surface area contributed by atoms with Gasteiger partial charge in [0.15, 0.2) is 11.5 Å². The summed E-state index contributed by atoms with van der Waals surface area (Å²) in [5, 5.41) is 0.0995. The standard InChI is InChI=1S/C20H18N2O4S/c1-10(2)25-12-8-6-11(7-9-12)17(23)13-4-3-5-14-15(13)18(24)16(21)19(26-14)20(22)27/h3-10H,21H2,1-2H3,(H2,22,27). The van der Waals surface area contributed by atoms with E-state index in [4.69, 9.17) is 32.8 Å². The number of carbonyl (C=O) groups is 1. The number of carbonyl (C=O) groups excluding carboxylic acids is 1. The molecule has 7 heteroatoms. The Morgan fingerprint density at radius 2 is 1.81 bits per heavy atom. The minimum absolute atomic E-state index is 0.0278. The van der Waals surface area contributed by atoms with E-state index in [1.807, 2.05) is 13.8 Å². The van der Waals surface area contributed by atoms with Crippen LogP contribution < -0.4 is 21.6 Å². The van der Waals surface area contributed by atoms with Crippen LogP contribution in [0.3, 0.4) is 0 Å². The largest absolute Gasteiger partial charge is 0.491 e. The van der Waals surface area contributed by atoms with Crippen molar-refractivity contribution < 1.29 is 13.9 Å². The van der Waals surface area contributed by atoms with Crippen molar-refractivity contribution in [2.45, 2.75) is 20.0 Å². The maximum absolute atomic E-state index is 13.0. The van der Waals surface area contributed by atoms with Gasteiger partial charge in [0.05, 0.1) is 11.5 Å². The van der Waals surface area contributed by atoms with Gasteiger partial charge in [0.2, 0.25) is 5.43 Å². The van der Waals surface area contributed by atoms with E-state index >= 15 is 0 Å². The third-order valence-electron chi connectivity index (χ3n) is 3.91. The highest BCUT2D eigenvalue weighted by Gasteiger charge is 2.20. The van der Waals surface area contributed by atoms with Crippen LogP contribution in [0.1, 0.15) is 35.5 Å². The van der Waals surface area contributed by atoms with Crippen LogP contribution in [0.5, 0.6) is 5.75 Å². The molecule has 0 aliphatic heterocycles. The van der Waals surface area contributed by atoms with Crippen LogP contribution in [0.2, 0.25) is 0 Å². The first-order chi connectivity index (χ1) is 12.8. The van der Waals surface area contributed by atoms with Crippen LogP contribution >= 0.6 is 12.2 Å². The Bertz CT molecular complexity index is 1100. The third kappa shape index (κ3) is 3.54. The maximum Gasteiger partial charge on any atom is 0.217 e. The van der Waals surface area contributed by atoms with Gasteiger partial charge in [0.1, 0.15) is 22.0 Å². The number of nitrogen functional groups attached to an aromatic ring is 1. The number of fused-ring (bicyclic) bond motifs is 1. The van der Waals surface area contributed by atoms with Crippen LogP contribution in [-0.4, -0.2) is 16.9 Å². The van der Waals surface area contributed by atoms with Gasteiger partial charge in [0.25, 0.3) is 0 Å². The second-order valence-corrected chi connectivity index (χ2v) is 6.68. The predicted molar refractivity (Wildman–Crippen MR) is 108 cm³/mol. The summed E-state index contributed by atoms with van der Waals surface area (Å²) in [5.74, 6) is 0.276. The van der Waals surface area contributed by atoms with E-state index in [-0.39, 0.29) is 44.9 Å². The highest BCUT2D eigenvalue weighted by molar-refractivity contribution is 7.80. The molecule has 1 heterocycles. The Kier molecular flexibility index (Phi) is 4.96. The van der Waals surface area contributed by atoms with E-state index in [9.17, 15) is 9.59 Å². The number of nitrogens with two attached hydrogens (primary N) is 2. The Balaban J connectivity index is 2.11. The number of anilines is 1. The first-order valence-electron chi connectivity index (χ1n) is 8.26. The Hall–Kier alpha value is -3.19. The van der Waals surface area contributed by atoms with Crippen molar-refractivity contribution in [3.05, 3.63) is 69.6 Å². The molecule has 2 aromatic carbocycles. The lowest BCUT2D eigenvalue weighted by Gasteiger charge is -2.11. The second-order valence-electron chi connectivity index (χ2n) is 6.24. The molecule has 1 aromatic heterocycles. The molecule has 0 spiro atoms. The van der Waals surface area contributed by atoms with Crippen LogP contribution in [0.15, 0.2) is 51.7 Å². The van der Waals surface area contributed by atoms with Gasteiger partial charge in [-0.15, -0.1) is 0 Å². The second kappa shape index (κ2) is 7.20. The lowest BCUT2D eigenvalue weighted by molar-refractivity contribution is 0.104. The lowest BCUT2D eigenvalue weighted by Crippen LogP contribution is -2.20. The number of ketones is 1. The van der Waals surface area contributed by atoms with Gasteiger partial charge in [-0.2, -0.15) is 0 Å². The fourth-order valence-corrected chi connectivity index (χ4v) is 2.89. The maximum atomic E-state index is 13.0. The number of ether oxygens (including phenoxy) is 1. The molecule has 0 unspecified atom stereocenters. The van der Waals surface area contributed by atoms with Gasteiger partial charge >= 0.3 is 0 Å². The van der Waals surface area contributed by atoms with E-state index in [2.05, 4.69) is 0 Å². The molecule has 0 saturated carbocycles. The molecule has 0 atom stereocenters. The molecule has 3 rings (SSSR count). The smallest absolute Gasteiger partial charge is 0.217 e. The van der Waals surface area contributed by atoms with Gasteiger partial charge in [-0.05, 0) is 44.2 Å². The highest BCUT2D eigenvalue weighted by Crippen LogP contribution is 2.24. The van der Waals surface area contributed by atoms with Gasteiger partial charge < -0.3 is 20.6 Å². The minimum atomic E-state index is -0.539. The summed E-state index contributed by atoms with van der Waals surface area (Å²) in [7, 11) is 0. The Morgan fingerprint density at radius 1 is 1.15 bits per heavy atom. The zero-order valence-electron chi connectivity index (χ0n) is 14.8. The lowest BCUT2D eigenvalue weighted by atomic mass is 9.99. The van der Waals surface area contributed by atoms with Crippen LogP contribution in [-0.2, 0) is 0 Å². The van der Waals surface area contributed by atoms with Crippen LogP contribution in [0, 0.1) is 0 Å². The summed E-state index contributed by atoms with van der Waals surface area (Å²) in [6, 6.07) is 11.4. The molecule has 0 fully saturated rings. The number of hydrogen-bond acceptors (Lipinski definition) is 6. The van der Waals surface area contributed by atoms with E-state index < -0.39 is 5.43 Å². The topological polar surface area (TPSA) is 109 Å². The Labute approximate surface area is 160 Å². The average molecular weight is 382 g/mol. The molecule has 0 aliphatic carbocycles. The van der Waals surface area contributed by atoms with Crippen molar-refractivity contribution >= 4 is 39.6 Å². The molecule has 0 aliphatic rings. The highest BCUT2D eigenvalue weighted by atomic mass is 32.1. The molecule has 0 saturated heterocycles. The van der Waals surface area contributed by atoms with E-state index in [1.165, 1.54) is 0 Å². The quantitative estimate of drug-likeness (QED) is 0.516. The van der Waals surface area contributed by atoms with E-state index in [0.29, 0.717) is 11.3 Å². The molecule has 3 aromatic rings. The zero-order valence-corrected chi connectivity index (χ0v) is 15.6. The molecule has 0 radical (unpaired) electrons. The molecular formula is C20H18N2O4S.